The average molecular weight is 271 g/mol. The number of carbonyl (C=O) groups excluding carboxylic acids is 2. The first-order chi connectivity index (χ1) is 8.93. The number of nitrogens with one attached hydrogen (secondary N) is 1. The van der Waals surface area contributed by atoms with Crippen molar-refractivity contribution in [3.05, 3.63) is 12.2 Å². The first-order valence-corrected chi connectivity index (χ1v) is 6.62. The Morgan fingerprint density at radius 1 is 1.05 bits per heavy atom. The molecule has 0 aliphatic carbocycles. The molecule has 1 amide bonds. The summed E-state index contributed by atoms with van der Waals surface area (Å²) in [6.07, 6.45) is 2.76. The molecule has 0 saturated heterocycles. The van der Waals surface area contributed by atoms with Crippen molar-refractivity contribution in [1.82, 2.24) is 5.32 Å². The maximum Gasteiger partial charge on any atom is 0.244 e. The second kappa shape index (κ2) is 10.7. The van der Waals surface area contributed by atoms with Crippen molar-refractivity contribution in [3.63, 3.8) is 0 Å². The number of ketones is 1. The van der Waals surface area contributed by atoms with Gasteiger partial charge in [-0.2, -0.15) is 0 Å². The highest BCUT2D eigenvalue weighted by Gasteiger charge is 2.03. The van der Waals surface area contributed by atoms with E-state index in [2.05, 4.69) is 5.32 Å². The molecular formula is C14H25NO4. The van der Waals surface area contributed by atoms with E-state index in [0.717, 1.165) is 0 Å². The first kappa shape index (κ1) is 17.8. The van der Waals surface area contributed by atoms with Gasteiger partial charge in [-0.1, -0.05) is 13.8 Å². The molecule has 0 aromatic heterocycles. The minimum absolute atomic E-state index is 0.0581. The first-order valence-electron chi connectivity index (χ1n) is 6.62. The van der Waals surface area contributed by atoms with E-state index in [1.165, 1.54) is 12.2 Å². The molecule has 0 aliphatic heterocycles. The molecule has 0 unspecified atom stereocenters. The third kappa shape index (κ3) is 11.6. The third-order valence-corrected chi connectivity index (χ3v) is 2.19. The molecule has 0 saturated carbocycles. The van der Waals surface area contributed by atoms with Gasteiger partial charge in [0.15, 0.2) is 5.78 Å². The van der Waals surface area contributed by atoms with E-state index in [4.69, 9.17) is 9.47 Å². The number of ether oxygens (including phenoxy) is 2. The van der Waals surface area contributed by atoms with Gasteiger partial charge < -0.3 is 14.8 Å². The number of allylic oxidation sites excluding steroid dienone is 1. The highest BCUT2D eigenvalue weighted by atomic mass is 16.5. The van der Waals surface area contributed by atoms with Crippen LogP contribution in [0.25, 0.3) is 0 Å². The maximum absolute atomic E-state index is 11.3. The van der Waals surface area contributed by atoms with Crippen LogP contribution in [-0.2, 0) is 19.1 Å². The standard InChI is InChI=1S/C14H25NO4/c1-11(2)13(16)5-6-14(17)15-7-8-18-9-10-19-12(3)4/h5-6,11-12H,7-10H2,1-4H3,(H,15,17)/b6-5-. The Labute approximate surface area is 115 Å². The monoisotopic (exact) mass is 271 g/mol. The number of hydrogen-bond acceptors (Lipinski definition) is 4. The summed E-state index contributed by atoms with van der Waals surface area (Å²) >= 11 is 0. The summed E-state index contributed by atoms with van der Waals surface area (Å²) in [4.78, 5) is 22.6. The molecule has 0 aromatic carbocycles. The Bertz CT molecular complexity index is 298. The summed E-state index contributed by atoms with van der Waals surface area (Å²) in [6, 6.07) is 0. The zero-order chi connectivity index (χ0) is 14.7. The molecule has 0 rings (SSSR count). The van der Waals surface area contributed by atoms with Crippen molar-refractivity contribution >= 4 is 11.7 Å². The number of amides is 1. The normalized spacial score (nSPS) is 11.5. The molecule has 0 fully saturated rings. The van der Waals surface area contributed by atoms with E-state index in [9.17, 15) is 9.59 Å². The Kier molecular flexibility index (Phi) is 10.0. The minimum Gasteiger partial charge on any atom is -0.377 e. The second-order valence-corrected chi connectivity index (χ2v) is 4.71. The Hall–Kier alpha value is -1.20. The molecule has 5 heteroatoms. The summed E-state index contributed by atoms with van der Waals surface area (Å²) in [6.45, 7) is 9.41. The Balaban J connectivity index is 3.51. The molecule has 1 N–H and O–H groups in total. The van der Waals surface area contributed by atoms with Crippen LogP contribution >= 0.6 is 0 Å². The van der Waals surface area contributed by atoms with Gasteiger partial charge in [0.1, 0.15) is 0 Å². The predicted octanol–water partition coefficient (Wildman–Crippen LogP) is 1.33. The molecule has 0 atom stereocenters. The maximum atomic E-state index is 11.3. The van der Waals surface area contributed by atoms with Crippen LogP contribution in [0.5, 0.6) is 0 Å². The molecular weight excluding hydrogens is 246 g/mol. The molecule has 0 aromatic rings. The third-order valence-electron chi connectivity index (χ3n) is 2.19. The fraction of sp³-hybridized carbons (Fsp3) is 0.714. The largest absolute Gasteiger partial charge is 0.377 e. The molecule has 110 valence electrons. The van der Waals surface area contributed by atoms with E-state index in [1.807, 2.05) is 13.8 Å². The van der Waals surface area contributed by atoms with E-state index in [-0.39, 0.29) is 23.7 Å². The van der Waals surface area contributed by atoms with Crippen LogP contribution in [0, 0.1) is 5.92 Å². The van der Waals surface area contributed by atoms with Crippen molar-refractivity contribution in [2.24, 2.45) is 5.92 Å². The van der Waals surface area contributed by atoms with Crippen LogP contribution < -0.4 is 5.32 Å². The van der Waals surface area contributed by atoms with Crippen molar-refractivity contribution in [2.45, 2.75) is 33.8 Å². The number of carbonyl (C=O) groups is 2. The summed E-state index contributed by atoms with van der Waals surface area (Å²) < 4.78 is 10.6. The van der Waals surface area contributed by atoms with Gasteiger partial charge in [0.25, 0.3) is 0 Å². The zero-order valence-corrected chi connectivity index (χ0v) is 12.3. The van der Waals surface area contributed by atoms with Gasteiger partial charge in [0.05, 0.1) is 25.9 Å². The van der Waals surface area contributed by atoms with Crippen molar-refractivity contribution in [3.8, 4) is 0 Å². The average Bonchev–Trinajstić information content (AvgIpc) is 2.34. The minimum atomic E-state index is -0.281. The van der Waals surface area contributed by atoms with E-state index >= 15 is 0 Å². The lowest BCUT2D eigenvalue weighted by Crippen LogP contribution is -2.26. The highest BCUT2D eigenvalue weighted by molar-refractivity contribution is 5.98. The van der Waals surface area contributed by atoms with Crippen LogP contribution in [-0.4, -0.2) is 44.2 Å². The lowest BCUT2D eigenvalue weighted by atomic mass is 10.1. The molecule has 0 bridgehead atoms. The molecule has 0 radical (unpaired) electrons. The summed E-state index contributed by atoms with van der Waals surface area (Å²) in [7, 11) is 0. The molecule has 0 spiro atoms. The van der Waals surface area contributed by atoms with Gasteiger partial charge in [0, 0.05) is 18.5 Å². The molecule has 0 aliphatic rings. The van der Waals surface area contributed by atoms with Crippen molar-refractivity contribution < 1.29 is 19.1 Å². The second-order valence-electron chi connectivity index (χ2n) is 4.71. The molecule has 19 heavy (non-hydrogen) atoms. The predicted molar refractivity (Wildman–Crippen MR) is 73.9 cm³/mol. The van der Waals surface area contributed by atoms with Gasteiger partial charge in [-0.05, 0) is 19.9 Å². The van der Waals surface area contributed by atoms with Crippen molar-refractivity contribution in [2.75, 3.05) is 26.4 Å². The van der Waals surface area contributed by atoms with Crippen LogP contribution in [0.15, 0.2) is 12.2 Å². The molecule has 0 heterocycles. The quantitative estimate of drug-likeness (QED) is 0.481. The van der Waals surface area contributed by atoms with Crippen LogP contribution in [0.3, 0.4) is 0 Å². The van der Waals surface area contributed by atoms with Gasteiger partial charge >= 0.3 is 0 Å². The SMILES string of the molecule is CC(C)OCCOCCNC(=O)/C=C\C(=O)C(C)C. The highest BCUT2D eigenvalue weighted by Crippen LogP contribution is 1.94. The van der Waals surface area contributed by atoms with Crippen LogP contribution in [0.4, 0.5) is 0 Å². The summed E-state index contributed by atoms with van der Waals surface area (Å²) in [5.74, 6) is -0.429. The fourth-order valence-electron chi connectivity index (χ4n) is 1.10. The lowest BCUT2D eigenvalue weighted by molar-refractivity contribution is -0.119. The van der Waals surface area contributed by atoms with E-state index in [1.54, 1.807) is 13.8 Å². The van der Waals surface area contributed by atoms with Gasteiger partial charge in [-0.15, -0.1) is 0 Å². The Morgan fingerprint density at radius 3 is 2.32 bits per heavy atom. The fourth-order valence-corrected chi connectivity index (χ4v) is 1.10. The number of hydrogen-bond donors (Lipinski definition) is 1. The molecule has 5 nitrogen and oxygen atoms in total. The number of rotatable bonds is 10. The van der Waals surface area contributed by atoms with Crippen LogP contribution in [0.2, 0.25) is 0 Å². The van der Waals surface area contributed by atoms with Gasteiger partial charge in [-0.25, -0.2) is 0 Å². The van der Waals surface area contributed by atoms with Crippen molar-refractivity contribution in [1.29, 1.82) is 0 Å². The lowest BCUT2D eigenvalue weighted by Gasteiger charge is -2.08. The van der Waals surface area contributed by atoms with Crippen LogP contribution in [0.1, 0.15) is 27.7 Å². The zero-order valence-electron chi connectivity index (χ0n) is 12.3. The topological polar surface area (TPSA) is 64.6 Å². The van der Waals surface area contributed by atoms with Gasteiger partial charge in [0.2, 0.25) is 5.91 Å². The Morgan fingerprint density at radius 2 is 1.74 bits per heavy atom. The van der Waals surface area contributed by atoms with E-state index in [0.29, 0.717) is 26.4 Å². The smallest absolute Gasteiger partial charge is 0.244 e. The summed E-state index contributed by atoms with van der Waals surface area (Å²) in [5, 5.41) is 2.63. The summed E-state index contributed by atoms with van der Waals surface area (Å²) in [5.41, 5.74) is 0. The van der Waals surface area contributed by atoms with Gasteiger partial charge in [-0.3, -0.25) is 9.59 Å². The van der Waals surface area contributed by atoms with E-state index < -0.39 is 0 Å².